The van der Waals surface area contributed by atoms with Crippen molar-refractivity contribution in [1.29, 1.82) is 0 Å². The van der Waals surface area contributed by atoms with Crippen LogP contribution in [0.4, 0.5) is 0 Å². The summed E-state index contributed by atoms with van der Waals surface area (Å²) in [6, 6.07) is 7.82. The van der Waals surface area contributed by atoms with E-state index in [4.69, 9.17) is 4.74 Å². The molecule has 5 heteroatoms. The van der Waals surface area contributed by atoms with Gasteiger partial charge < -0.3 is 10.1 Å². The van der Waals surface area contributed by atoms with Gasteiger partial charge in [0.2, 0.25) is 5.88 Å². The second-order valence-corrected chi connectivity index (χ2v) is 5.69. The van der Waals surface area contributed by atoms with Crippen molar-refractivity contribution in [3.8, 4) is 5.88 Å². The van der Waals surface area contributed by atoms with Crippen LogP contribution in [0, 0.1) is 0 Å². The van der Waals surface area contributed by atoms with Crippen LogP contribution in [0.5, 0.6) is 5.88 Å². The van der Waals surface area contributed by atoms with Crippen LogP contribution in [0.25, 0.3) is 0 Å². The molecule has 0 radical (unpaired) electrons. The minimum Gasteiger partial charge on any atom is -0.478 e. The molecule has 0 atom stereocenters. The van der Waals surface area contributed by atoms with Crippen molar-refractivity contribution in [2.75, 3.05) is 13.2 Å². The lowest BCUT2D eigenvalue weighted by molar-refractivity contribution is 0.297. The first-order valence-corrected chi connectivity index (χ1v) is 7.49. The number of rotatable bonds is 7. The number of aromatic nitrogens is 1. The van der Waals surface area contributed by atoms with E-state index in [1.807, 2.05) is 18.2 Å². The van der Waals surface area contributed by atoms with Crippen LogP contribution in [-0.4, -0.2) is 18.1 Å². The number of ether oxygens (including phenoxy) is 1. The third-order valence-electron chi connectivity index (χ3n) is 2.31. The topological polar surface area (TPSA) is 34.1 Å². The summed E-state index contributed by atoms with van der Waals surface area (Å²) >= 11 is 5.21. The summed E-state index contributed by atoms with van der Waals surface area (Å²) in [5.41, 5.74) is 0. The second-order valence-electron chi connectivity index (χ2n) is 3.78. The number of nitrogens with one attached hydrogen (secondary N) is 1. The highest BCUT2D eigenvalue weighted by Gasteiger charge is 1.97. The number of hydrogen-bond donors (Lipinski definition) is 1. The lowest BCUT2D eigenvalue weighted by Crippen LogP contribution is -2.16. The molecule has 0 saturated carbocycles. The molecule has 0 aliphatic carbocycles. The van der Waals surface area contributed by atoms with Crippen molar-refractivity contribution in [1.82, 2.24) is 10.3 Å². The van der Waals surface area contributed by atoms with Gasteiger partial charge in [-0.25, -0.2) is 4.98 Å². The number of halogens is 1. The molecule has 0 spiro atoms. The molecule has 0 aromatic carbocycles. The Kier molecular flexibility index (Phi) is 5.64. The second kappa shape index (κ2) is 7.51. The molecule has 0 bridgehead atoms. The highest BCUT2D eigenvalue weighted by molar-refractivity contribution is 9.10. The normalized spacial score (nSPS) is 10.5. The molecule has 18 heavy (non-hydrogen) atoms. The van der Waals surface area contributed by atoms with E-state index in [0.717, 1.165) is 24.0 Å². The first-order chi connectivity index (χ1) is 8.84. The summed E-state index contributed by atoms with van der Waals surface area (Å²) in [6.45, 7) is 2.56. The van der Waals surface area contributed by atoms with Crippen molar-refractivity contribution in [3.63, 3.8) is 0 Å². The molecule has 0 aliphatic heterocycles. The smallest absolute Gasteiger partial charge is 0.213 e. The minimum absolute atomic E-state index is 0.693. The Morgan fingerprint density at radius 3 is 3.06 bits per heavy atom. The lowest BCUT2D eigenvalue weighted by atomic mass is 10.4. The van der Waals surface area contributed by atoms with Crippen LogP contribution in [0.15, 0.2) is 40.3 Å². The molecular formula is C13H15BrN2OS. The van der Waals surface area contributed by atoms with Crippen LogP contribution >= 0.6 is 27.3 Å². The van der Waals surface area contributed by atoms with Crippen molar-refractivity contribution in [3.05, 3.63) is 45.2 Å². The van der Waals surface area contributed by atoms with E-state index >= 15 is 0 Å². The molecule has 2 aromatic heterocycles. The molecule has 0 amide bonds. The molecule has 0 aliphatic rings. The Labute approximate surface area is 119 Å². The molecule has 2 rings (SSSR count). The van der Waals surface area contributed by atoms with Crippen molar-refractivity contribution >= 4 is 27.3 Å². The van der Waals surface area contributed by atoms with Crippen molar-refractivity contribution < 1.29 is 4.74 Å². The fourth-order valence-electron chi connectivity index (χ4n) is 1.46. The van der Waals surface area contributed by atoms with Gasteiger partial charge in [0.25, 0.3) is 0 Å². The average Bonchev–Trinajstić information content (AvgIpc) is 2.81. The molecule has 1 N–H and O–H groups in total. The molecular weight excluding hydrogens is 312 g/mol. The summed E-state index contributed by atoms with van der Waals surface area (Å²) in [4.78, 5) is 5.44. The summed E-state index contributed by atoms with van der Waals surface area (Å²) < 4.78 is 6.66. The Hall–Kier alpha value is -0.910. The Morgan fingerprint density at radius 1 is 1.39 bits per heavy atom. The fourth-order valence-corrected chi connectivity index (χ4v) is 2.89. The minimum atomic E-state index is 0.693. The van der Waals surface area contributed by atoms with Gasteiger partial charge in [0, 0.05) is 33.5 Å². The third kappa shape index (κ3) is 4.76. The maximum Gasteiger partial charge on any atom is 0.213 e. The number of thiophene rings is 1. The van der Waals surface area contributed by atoms with Crippen molar-refractivity contribution in [2.45, 2.75) is 13.0 Å². The first-order valence-electron chi connectivity index (χ1n) is 5.82. The van der Waals surface area contributed by atoms with Gasteiger partial charge in [-0.05, 0) is 41.0 Å². The van der Waals surface area contributed by atoms with E-state index in [1.165, 1.54) is 4.88 Å². The van der Waals surface area contributed by atoms with Gasteiger partial charge in [-0.1, -0.05) is 6.07 Å². The number of nitrogens with zero attached hydrogens (tertiary/aromatic N) is 1. The van der Waals surface area contributed by atoms with Crippen molar-refractivity contribution in [2.24, 2.45) is 0 Å². The van der Waals surface area contributed by atoms with E-state index < -0.39 is 0 Å². The van der Waals surface area contributed by atoms with Crippen LogP contribution in [0.2, 0.25) is 0 Å². The SMILES string of the molecule is Brc1csc(CNCCCOc2ccccn2)c1. The summed E-state index contributed by atoms with van der Waals surface area (Å²) in [7, 11) is 0. The molecule has 3 nitrogen and oxygen atoms in total. The quantitative estimate of drug-likeness (QED) is 0.791. The zero-order valence-electron chi connectivity index (χ0n) is 9.93. The van der Waals surface area contributed by atoms with Gasteiger partial charge in [0.05, 0.1) is 6.61 Å². The maximum absolute atomic E-state index is 5.51. The zero-order valence-corrected chi connectivity index (χ0v) is 12.3. The van der Waals surface area contributed by atoms with Crippen LogP contribution in [-0.2, 0) is 6.54 Å². The monoisotopic (exact) mass is 326 g/mol. The third-order valence-corrected chi connectivity index (χ3v) is 4.00. The van der Waals surface area contributed by atoms with Gasteiger partial charge in [0.15, 0.2) is 0 Å². The first kappa shape index (κ1) is 13.5. The average molecular weight is 327 g/mol. The van der Waals surface area contributed by atoms with Crippen LogP contribution in [0.3, 0.4) is 0 Å². The molecule has 2 heterocycles. The van der Waals surface area contributed by atoms with E-state index in [0.29, 0.717) is 12.5 Å². The van der Waals surface area contributed by atoms with E-state index in [9.17, 15) is 0 Å². The largest absolute Gasteiger partial charge is 0.478 e. The molecule has 2 aromatic rings. The maximum atomic E-state index is 5.51. The van der Waals surface area contributed by atoms with Gasteiger partial charge in [-0.2, -0.15) is 0 Å². The predicted octanol–water partition coefficient (Wildman–Crippen LogP) is 3.46. The number of pyridine rings is 1. The molecule has 96 valence electrons. The van der Waals surface area contributed by atoms with Gasteiger partial charge in [-0.3, -0.25) is 0 Å². The van der Waals surface area contributed by atoms with Gasteiger partial charge in [0.1, 0.15) is 0 Å². The lowest BCUT2D eigenvalue weighted by Gasteiger charge is -2.05. The standard InChI is InChI=1S/C13H15BrN2OS/c14-11-8-12(18-10-11)9-15-5-3-7-17-13-4-1-2-6-16-13/h1-2,4,6,8,10,15H,3,5,7,9H2. The zero-order chi connectivity index (χ0) is 12.6. The molecule has 0 fully saturated rings. The molecule has 0 unspecified atom stereocenters. The van der Waals surface area contributed by atoms with E-state index in [-0.39, 0.29) is 0 Å². The Bertz CT molecular complexity index is 461. The Balaban J connectivity index is 1.54. The highest BCUT2D eigenvalue weighted by Crippen LogP contribution is 2.19. The predicted molar refractivity (Wildman–Crippen MR) is 78.1 cm³/mol. The van der Waals surface area contributed by atoms with Crippen LogP contribution in [0.1, 0.15) is 11.3 Å². The summed E-state index contributed by atoms with van der Waals surface area (Å²) in [6.07, 6.45) is 2.71. The molecule has 0 saturated heterocycles. The van der Waals surface area contributed by atoms with E-state index in [2.05, 4.69) is 37.7 Å². The van der Waals surface area contributed by atoms with Gasteiger partial charge >= 0.3 is 0 Å². The van der Waals surface area contributed by atoms with E-state index in [1.54, 1.807) is 17.5 Å². The highest BCUT2D eigenvalue weighted by atomic mass is 79.9. The van der Waals surface area contributed by atoms with Crippen LogP contribution < -0.4 is 10.1 Å². The van der Waals surface area contributed by atoms with Gasteiger partial charge in [-0.15, -0.1) is 11.3 Å². The summed E-state index contributed by atoms with van der Waals surface area (Å²) in [5.74, 6) is 0.694. The Morgan fingerprint density at radius 2 is 2.33 bits per heavy atom. The summed E-state index contributed by atoms with van der Waals surface area (Å²) in [5, 5.41) is 5.49. The number of hydrogen-bond acceptors (Lipinski definition) is 4. The fraction of sp³-hybridized carbons (Fsp3) is 0.308.